The van der Waals surface area contributed by atoms with Crippen LogP contribution in [-0.2, 0) is 19.6 Å². The van der Waals surface area contributed by atoms with Crippen LogP contribution in [0.3, 0.4) is 0 Å². The average Bonchev–Trinajstić information content (AvgIpc) is 2.78. The summed E-state index contributed by atoms with van der Waals surface area (Å²) in [5, 5.41) is 16.4. The van der Waals surface area contributed by atoms with Crippen LogP contribution in [-0.4, -0.2) is 48.8 Å². The van der Waals surface area contributed by atoms with Gasteiger partial charge in [0.25, 0.3) is 0 Å². The van der Waals surface area contributed by atoms with Crippen molar-refractivity contribution in [1.29, 1.82) is 0 Å². The van der Waals surface area contributed by atoms with Crippen molar-refractivity contribution in [1.82, 2.24) is 15.5 Å². The van der Waals surface area contributed by atoms with Crippen molar-refractivity contribution < 1.29 is 9.84 Å². The number of hydrogen-bond acceptors (Lipinski definition) is 4. The third-order valence-electron chi connectivity index (χ3n) is 5.64. The Hall–Kier alpha value is -2.57. The van der Waals surface area contributed by atoms with Gasteiger partial charge in [0.05, 0.1) is 19.8 Å². The van der Waals surface area contributed by atoms with E-state index in [9.17, 15) is 5.11 Å². The fraction of sp³-hybridized carbons (Fsp3) is 0.480. The van der Waals surface area contributed by atoms with Gasteiger partial charge in [-0.3, -0.25) is 4.90 Å². The SMILES string of the molecule is CCNC(=NCc1ccc(CN2CCC(O)CC2)cc1)NCc1ccc(C)cc1OC. The van der Waals surface area contributed by atoms with Crippen LogP contribution in [0.4, 0.5) is 0 Å². The number of benzene rings is 2. The Morgan fingerprint density at radius 3 is 2.48 bits per heavy atom. The smallest absolute Gasteiger partial charge is 0.191 e. The van der Waals surface area contributed by atoms with E-state index in [0.717, 1.165) is 56.3 Å². The fourth-order valence-corrected chi connectivity index (χ4v) is 3.77. The van der Waals surface area contributed by atoms with Crippen LogP contribution < -0.4 is 15.4 Å². The van der Waals surface area contributed by atoms with Crippen molar-refractivity contribution >= 4 is 5.96 Å². The van der Waals surface area contributed by atoms with Crippen molar-refractivity contribution in [3.63, 3.8) is 0 Å². The Bertz CT molecular complexity index is 843. The van der Waals surface area contributed by atoms with Gasteiger partial charge in [0.2, 0.25) is 0 Å². The van der Waals surface area contributed by atoms with E-state index in [1.807, 2.05) is 0 Å². The third-order valence-corrected chi connectivity index (χ3v) is 5.64. The van der Waals surface area contributed by atoms with E-state index < -0.39 is 0 Å². The highest BCUT2D eigenvalue weighted by atomic mass is 16.5. The number of hydrogen-bond donors (Lipinski definition) is 3. The Morgan fingerprint density at radius 2 is 1.81 bits per heavy atom. The summed E-state index contributed by atoms with van der Waals surface area (Å²) >= 11 is 0. The largest absolute Gasteiger partial charge is 0.496 e. The van der Waals surface area contributed by atoms with Crippen LogP contribution in [0.5, 0.6) is 5.75 Å². The molecule has 1 aliphatic heterocycles. The first kappa shape index (κ1) is 23.1. The summed E-state index contributed by atoms with van der Waals surface area (Å²) in [5.74, 6) is 1.68. The third kappa shape index (κ3) is 7.26. The first-order valence-electron chi connectivity index (χ1n) is 11.2. The molecule has 1 heterocycles. The van der Waals surface area contributed by atoms with Gasteiger partial charge in [-0.25, -0.2) is 4.99 Å². The van der Waals surface area contributed by atoms with Gasteiger partial charge in [0.15, 0.2) is 5.96 Å². The number of ether oxygens (including phenoxy) is 1. The highest BCUT2D eigenvalue weighted by Crippen LogP contribution is 2.19. The number of aliphatic hydroxyl groups is 1. The molecule has 3 N–H and O–H groups in total. The van der Waals surface area contributed by atoms with Gasteiger partial charge in [0.1, 0.15) is 5.75 Å². The Morgan fingerprint density at radius 1 is 1.10 bits per heavy atom. The van der Waals surface area contributed by atoms with Crippen molar-refractivity contribution in [2.45, 2.75) is 52.4 Å². The highest BCUT2D eigenvalue weighted by molar-refractivity contribution is 5.79. The zero-order valence-corrected chi connectivity index (χ0v) is 19.0. The number of aryl methyl sites for hydroxylation is 1. The predicted octanol–water partition coefficient (Wildman–Crippen LogP) is 3.22. The van der Waals surface area contributed by atoms with E-state index in [-0.39, 0.29) is 6.10 Å². The maximum atomic E-state index is 9.66. The molecule has 2 aromatic rings. The molecular weight excluding hydrogens is 388 g/mol. The predicted molar refractivity (Wildman–Crippen MR) is 126 cm³/mol. The minimum atomic E-state index is -0.122. The van der Waals surface area contributed by atoms with Crippen LogP contribution in [0.25, 0.3) is 0 Å². The lowest BCUT2D eigenvalue weighted by Crippen LogP contribution is -2.36. The summed E-state index contributed by atoms with van der Waals surface area (Å²) in [5.41, 5.74) is 4.78. The molecule has 0 aromatic heterocycles. The molecule has 3 rings (SSSR count). The number of nitrogens with one attached hydrogen (secondary N) is 2. The number of piperidine rings is 1. The molecule has 31 heavy (non-hydrogen) atoms. The van der Waals surface area contributed by atoms with Crippen molar-refractivity contribution in [2.24, 2.45) is 4.99 Å². The number of guanidine groups is 1. The second-order valence-electron chi connectivity index (χ2n) is 8.19. The molecular formula is C25H36N4O2. The molecule has 1 aliphatic rings. The maximum Gasteiger partial charge on any atom is 0.191 e. The van der Waals surface area contributed by atoms with E-state index in [0.29, 0.717) is 13.1 Å². The van der Waals surface area contributed by atoms with Crippen LogP contribution in [0.15, 0.2) is 47.5 Å². The molecule has 0 bridgehead atoms. The first-order chi connectivity index (χ1) is 15.1. The van der Waals surface area contributed by atoms with Crippen LogP contribution in [0.1, 0.15) is 42.0 Å². The standard InChI is InChI=1S/C25H36N4O2/c1-4-26-25(28-17-22-10-5-19(2)15-24(22)31-3)27-16-20-6-8-21(9-7-20)18-29-13-11-23(30)12-14-29/h5-10,15,23,30H,4,11-14,16-18H2,1-3H3,(H2,26,27,28). The molecule has 0 saturated carbocycles. The van der Waals surface area contributed by atoms with Gasteiger partial charge >= 0.3 is 0 Å². The normalized spacial score (nSPS) is 15.7. The van der Waals surface area contributed by atoms with Crippen LogP contribution >= 0.6 is 0 Å². The Kier molecular flexibility index (Phi) is 8.74. The molecule has 2 aromatic carbocycles. The van der Waals surface area contributed by atoms with E-state index in [4.69, 9.17) is 9.73 Å². The number of methoxy groups -OCH3 is 1. The number of nitrogens with zero attached hydrogens (tertiary/aromatic N) is 2. The number of aliphatic imine (C=N–C) groups is 1. The fourth-order valence-electron chi connectivity index (χ4n) is 3.77. The molecule has 0 atom stereocenters. The number of aliphatic hydroxyl groups excluding tert-OH is 1. The second kappa shape index (κ2) is 11.7. The summed E-state index contributed by atoms with van der Waals surface area (Å²) in [6, 6.07) is 14.9. The zero-order valence-electron chi connectivity index (χ0n) is 19.0. The number of likely N-dealkylation sites (tertiary alicyclic amines) is 1. The molecule has 168 valence electrons. The minimum absolute atomic E-state index is 0.122. The van der Waals surface area contributed by atoms with Crippen molar-refractivity contribution in [2.75, 3.05) is 26.7 Å². The van der Waals surface area contributed by atoms with Gasteiger partial charge in [-0.15, -0.1) is 0 Å². The first-order valence-corrected chi connectivity index (χ1v) is 11.2. The topological polar surface area (TPSA) is 69.1 Å². The molecule has 0 amide bonds. The summed E-state index contributed by atoms with van der Waals surface area (Å²) in [6.45, 7) is 9.09. The average molecular weight is 425 g/mol. The van der Waals surface area contributed by atoms with Gasteiger partial charge in [-0.1, -0.05) is 36.4 Å². The van der Waals surface area contributed by atoms with Crippen molar-refractivity contribution in [3.8, 4) is 5.75 Å². The molecule has 0 unspecified atom stereocenters. The van der Waals surface area contributed by atoms with Gasteiger partial charge in [0, 0.05) is 38.3 Å². The summed E-state index contributed by atoms with van der Waals surface area (Å²) in [4.78, 5) is 7.15. The van der Waals surface area contributed by atoms with E-state index in [2.05, 4.69) is 71.8 Å². The summed E-state index contributed by atoms with van der Waals surface area (Å²) < 4.78 is 5.50. The van der Waals surface area contributed by atoms with Gasteiger partial charge in [-0.05, 0) is 49.4 Å². The lowest BCUT2D eigenvalue weighted by atomic mass is 10.1. The second-order valence-corrected chi connectivity index (χ2v) is 8.19. The molecule has 0 spiro atoms. The molecule has 6 heteroatoms. The molecule has 1 fully saturated rings. The van der Waals surface area contributed by atoms with E-state index in [1.54, 1.807) is 7.11 Å². The number of rotatable bonds is 8. The lowest BCUT2D eigenvalue weighted by molar-refractivity contribution is 0.0792. The molecule has 0 radical (unpaired) electrons. The van der Waals surface area contributed by atoms with Crippen LogP contribution in [0, 0.1) is 6.92 Å². The lowest BCUT2D eigenvalue weighted by Gasteiger charge is -2.29. The summed E-state index contributed by atoms with van der Waals surface area (Å²) in [6.07, 6.45) is 1.63. The van der Waals surface area contributed by atoms with E-state index in [1.165, 1.54) is 16.7 Å². The molecule has 0 aliphatic carbocycles. The quantitative estimate of drug-likeness (QED) is 0.448. The monoisotopic (exact) mass is 424 g/mol. The zero-order chi connectivity index (χ0) is 22.1. The molecule has 6 nitrogen and oxygen atoms in total. The highest BCUT2D eigenvalue weighted by Gasteiger charge is 2.16. The summed E-state index contributed by atoms with van der Waals surface area (Å²) in [7, 11) is 1.70. The Balaban J connectivity index is 1.55. The van der Waals surface area contributed by atoms with Crippen LogP contribution in [0.2, 0.25) is 0 Å². The maximum absolute atomic E-state index is 9.66. The Labute approximate surface area is 186 Å². The van der Waals surface area contributed by atoms with Gasteiger partial charge < -0.3 is 20.5 Å². The minimum Gasteiger partial charge on any atom is -0.496 e. The van der Waals surface area contributed by atoms with Gasteiger partial charge in [-0.2, -0.15) is 0 Å². The van der Waals surface area contributed by atoms with E-state index >= 15 is 0 Å². The molecule has 1 saturated heterocycles. The van der Waals surface area contributed by atoms with Crippen molar-refractivity contribution in [3.05, 3.63) is 64.7 Å².